The van der Waals surface area contributed by atoms with Crippen LogP contribution in [0.4, 0.5) is 0 Å². The molecule has 1 N–H and O–H groups in total. The summed E-state index contributed by atoms with van der Waals surface area (Å²) < 4.78 is 7.67. The minimum atomic E-state index is -0.0858. The Bertz CT molecular complexity index is 915. The number of aromatic nitrogens is 2. The van der Waals surface area contributed by atoms with Gasteiger partial charge in [-0.15, -0.1) is 0 Å². The van der Waals surface area contributed by atoms with Gasteiger partial charge in [0.15, 0.2) is 0 Å². The second kappa shape index (κ2) is 9.08. The number of ether oxygens (including phenoxy) is 1. The van der Waals surface area contributed by atoms with Crippen LogP contribution in [0.5, 0.6) is 5.75 Å². The molecule has 0 bridgehead atoms. The van der Waals surface area contributed by atoms with Crippen molar-refractivity contribution in [2.75, 3.05) is 13.1 Å². The van der Waals surface area contributed by atoms with E-state index < -0.39 is 0 Å². The van der Waals surface area contributed by atoms with E-state index in [9.17, 15) is 9.59 Å². The predicted octanol–water partition coefficient (Wildman–Crippen LogP) is 3.43. The van der Waals surface area contributed by atoms with Gasteiger partial charge in [-0.1, -0.05) is 24.4 Å². The number of carbonyl (C=O) groups is 2. The number of halogens is 1. The van der Waals surface area contributed by atoms with Crippen molar-refractivity contribution in [2.45, 2.75) is 50.7 Å². The van der Waals surface area contributed by atoms with Gasteiger partial charge in [-0.25, -0.2) is 0 Å². The van der Waals surface area contributed by atoms with E-state index >= 15 is 0 Å². The zero-order chi connectivity index (χ0) is 21.1. The summed E-state index contributed by atoms with van der Waals surface area (Å²) in [5, 5.41) is 7.57. The van der Waals surface area contributed by atoms with Crippen LogP contribution in [0, 0.1) is 0 Å². The number of hydrogen-bond acceptors (Lipinski definition) is 4. The number of nitrogens with one attached hydrogen (secondary N) is 1. The van der Waals surface area contributed by atoms with E-state index in [0.29, 0.717) is 35.1 Å². The van der Waals surface area contributed by atoms with Crippen molar-refractivity contribution in [3.8, 4) is 5.75 Å². The van der Waals surface area contributed by atoms with Gasteiger partial charge in [0.25, 0.3) is 11.8 Å². The number of benzene rings is 1. The maximum absolute atomic E-state index is 12.6. The molecule has 1 aromatic carbocycles. The van der Waals surface area contributed by atoms with Gasteiger partial charge in [-0.2, -0.15) is 5.10 Å². The predicted molar refractivity (Wildman–Crippen MR) is 114 cm³/mol. The van der Waals surface area contributed by atoms with Crippen molar-refractivity contribution in [1.29, 1.82) is 0 Å². The number of hydrogen-bond donors (Lipinski definition) is 1. The zero-order valence-electron chi connectivity index (χ0n) is 17.1. The Kier molecular flexibility index (Phi) is 6.27. The largest absolute Gasteiger partial charge is 0.489 e. The van der Waals surface area contributed by atoms with Gasteiger partial charge in [0, 0.05) is 50.8 Å². The average molecular weight is 431 g/mol. The molecule has 2 amide bonds. The molecule has 0 spiro atoms. The lowest BCUT2D eigenvalue weighted by molar-refractivity contribution is 0.0585. The SMILES string of the molecule is Cn1nccc1C(=O)N1CCC(Oc2ccc(C(=O)NC3CCCC3)cc2Cl)CC1. The summed E-state index contributed by atoms with van der Waals surface area (Å²) in [5.74, 6) is 0.479. The van der Waals surface area contributed by atoms with Gasteiger partial charge >= 0.3 is 0 Å². The Morgan fingerprint density at radius 2 is 1.87 bits per heavy atom. The van der Waals surface area contributed by atoms with E-state index in [4.69, 9.17) is 16.3 Å². The molecule has 1 saturated heterocycles. The van der Waals surface area contributed by atoms with E-state index in [0.717, 1.165) is 25.7 Å². The van der Waals surface area contributed by atoms with Gasteiger partial charge in [0.1, 0.15) is 17.5 Å². The molecule has 0 atom stereocenters. The van der Waals surface area contributed by atoms with Crippen LogP contribution in [-0.4, -0.2) is 51.7 Å². The van der Waals surface area contributed by atoms with Gasteiger partial charge in [0.05, 0.1) is 5.02 Å². The number of likely N-dealkylation sites (tertiary alicyclic amines) is 1. The summed E-state index contributed by atoms with van der Waals surface area (Å²) in [4.78, 5) is 26.8. The molecule has 4 rings (SSSR count). The Balaban J connectivity index is 1.31. The lowest BCUT2D eigenvalue weighted by Gasteiger charge is -2.32. The lowest BCUT2D eigenvalue weighted by Crippen LogP contribution is -2.42. The number of nitrogens with zero attached hydrogens (tertiary/aromatic N) is 3. The first-order valence-corrected chi connectivity index (χ1v) is 10.9. The van der Waals surface area contributed by atoms with Crippen molar-refractivity contribution >= 4 is 23.4 Å². The van der Waals surface area contributed by atoms with Crippen LogP contribution < -0.4 is 10.1 Å². The third-order valence-corrected chi connectivity index (χ3v) is 6.24. The van der Waals surface area contributed by atoms with Crippen molar-refractivity contribution in [1.82, 2.24) is 20.0 Å². The first-order chi connectivity index (χ1) is 14.5. The smallest absolute Gasteiger partial charge is 0.272 e. The first kappa shape index (κ1) is 20.7. The molecule has 160 valence electrons. The maximum Gasteiger partial charge on any atom is 0.272 e. The van der Waals surface area contributed by atoms with E-state index in [1.165, 1.54) is 12.8 Å². The molecule has 1 aliphatic carbocycles. The summed E-state index contributed by atoms with van der Waals surface area (Å²) in [6, 6.07) is 7.19. The monoisotopic (exact) mass is 430 g/mol. The second-order valence-electron chi connectivity index (χ2n) is 8.05. The van der Waals surface area contributed by atoms with Crippen LogP contribution in [-0.2, 0) is 7.05 Å². The average Bonchev–Trinajstić information content (AvgIpc) is 3.41. The standard InChI is InChI=1S/C22H27ClN4O3/c1-26-19(8-11-24-26)22(29)27-12-9-17(10-13-27)30-20-7-6-15(14-18(20)23)21(28)25-16-4-2-3-5-16/h6-8,11,14,16-17H,2-5,9-10,12-13H2,1H3,(H,25,28). The minimum Gasteiger partial charge on any atom is -0.489 e. The van der Waals surface area contributed by atoms with Crippen molar-refractivity contribution in [3.63, 3.8) is 0 Å². The van der Waals surface area contributed by atoms with E-state index in [-0.39, 0.29) is 24.0 Å². The van der Waals surface area contributed by atoms with Crippen LogP contribution in [0.15, 0.2) is 30.5 Å². The fraction of sp³-hybridized carbons (Fsp3) is 0.500. The van der Waals surface area contributed by atoms with E-state index in [1.807, 2.05) is 4.90 Å². The highest BCUT2D eigenvalue weighted by molar-refractivity contribution is 6.32. The number of carbonyl (C=O) groups excluding carboxylic acids is 2. The molecular weight excluding hydrogens is 404 g/mol. The summed E-state index contributed by atoms with van der Waals surface area (Å²) in [6.07, 6.45) is 7.49. The van der Waals surface area contributed by atoms with Crippen LogP contribution in [0.2, 0.25) is 5.02 Å². The Hall–Kier alpha value is -2.54. The van der Waals surface area contributed by atoms with E-state index in [2.05, 4.69) is 10.4 Å². The third-order valence-electron chi connectivity index (χ3n) is 5.95. The summed E-state index contributed by atoms with van der Waals surface area (Å²) in [7, 11) is 1.77. The van der Waals surface area contributed by atoms with Gasteiger partial charge in [0.2, 0.25) is 0 Å². The lowest BCUT2D eigenvalue weighted by atomic mass is 10.1. The Morgan fingerprint density at radius 3 is 2.50 bits per heavy atom. The highest BCUT2D eigenvalue weighted by Gasteiger charge is 2.26. The molecule has 1 aromatic heterocycles. The number of piperidine rings is 1. The molecule has 1 saturated carbocycles. The summed E-state index contributed by atoms with van der Waals surface area (Å²) >= 11 is 6.39. The fourth-order valence-corrected chi connectivity index (χ4v) is 4.40. The molecule has 2 aliphatic rings. The number of aryl methyl sites for hydroxylation is 1. The fourth-order valence-electron chi connectivity index (χ4n) is 4.18. The maximum atomic E-state index is 12.6. The molecule has 0 unspecified atom stereocenters. The molecule has 1 aliphatic heterocycles. The van der Waals surface area contributed by atoms with E-state index in [1.54, 1.807) is 42.2 Å². The van der Waals surface area contributed by atoms with Gasteiger partial charge in [-0.05, 0) is 37.1 Å². The second-order valence-corrected chi connectivity index (χ2v) is 8.46. The van der Waals surface area contributed by atoms with Crippen LogP contribution in [0.1, 0.15) is 59.4 Å². The van der Waals surface area contributed by atoms with Crippen LogP contribution >= 0.6 is 11.6 Å². The summed E-state index contributed by atoms with van der Waals surface area (Å²) in [5.41, 5.74) is 1.14. The molecule has 2 aromatic rings. The van der Waals surface area contributed by atoms with Gasteiger partial charge < -0.3 is 15.0 Å². The highest BCUT2D eigenvalue weighted by Crippen LogP contribution is 2.29. The number of amides is 2. The Morgan fingerprint density at radius 1 is 1.13 bits per heavy atom. The normalized spacial score (nSPS) is 17.9. The molecule has 7 nitrogen and oxygen atoms in total. The van der Waals surface area contributed by atoms with Crippen LogP contribution in [0.25, 0.3) is 0 Å². The molecule has 30 heavy (non-hydrogen) atoms. The summed E-state index contributed by atoms with van der Waals surface area (Å²) in [6.45, 7) is 1.24. The molecule has 2 heterocycles. The molecule has 0 radical (unpaired) electrons. The number of rotatable bonds is 5. The van der Waals surface area contributed by atoms with Crippen molar-refractivity contribution < 1.29 is 14.3 Å². The Labute approximate surface area is 181 Å². The highest BCUT2D eigenvalue weighted by atomic mass is 35.5. The van der Waals surface area contributed by atoms with Crippen LogP contribution in [0.3, 0.4) is 0 Å². The first-order valence-electron chi connectivity index (χ1n) is 10.6. The molecular formula is C22H27ClN4O3. The van der Waals surface area contributed by atoms with Gasteiger partial charge in [-0.3, -0.25) is 14.3 Å². The topological polar surface area (TPSA) is 76.5 Å². The molecule has 2 fully saturated rings. The van der Waals surface area contributed by atoms with Crippen molar-refractivity contribution in [2.24, 2.45) is 7.05 Å². The molecule has 8 heteroatoms. The zero-order valence-corrected chi connectivity index (χ0v) is 17.9. The van der Waals surface area contributed by atoms with Crippen molar-refractivity contribution in [3.05, 3.63) is 46.7 Å². The third kappa shape index (κ3) is 4.61. The minimum absolute atomic E-state index is 0.0101. The quantitative estimate of drug-likeness (QED) is 0.788.